The molecule has 1 aromatic carbocycles. The molecular weight excluding hydrogens is 244 g/mol. The zero-order valence-electron chi connectivity index (χ0n) is 11.7. The molecule has 0 heterocycles. The van der Waals surface area contributed by atoms with Gasteiger partial charge in [0.1, 0.15) is 0 Å². The fraction of sp³-hybridized carbons (Fsp3) is 0.467. The SMILES string of the molecule is C=CCN(c1ccc(C(C)NC)c(Cl)c1)C(C)C. The van der Waals surface area contributed by atoms with Gasteiger partial charge in [0.2, 0.25) is 0 Å². The van der Waals surface area contributed by atoms with Crippen LogP contribution in [0.2, 0.25) is 5.02 Å². The summed E-state index contributed by atoms with van der Waals surface area (Å²) < 4.78 is 0. The Morgan fingerprint density at radius 3 is 2.50 bits per heavy atom. The lowest BCUT2D eigenvalue weighted by molar-refractivity contribution is 0.652. The van der Waals surface area contributed by atoms with Gasteiger partial charge in [0.05, 0.1) is 0 Å². The molecule has 18 heavy (non-hydrogen) atoms. The lowest BCUT2D eigenvalue weighted by Gasteiger charge is -2.28. The molecule has 1 N–H and O–H groups in total. The lowest BCUT2D eigenvalue weighted by atomic mass is 10.1. The third-order valence-corrected chi connectivity index (χ3v) is 3.49. The second kappa shape index (κ2) is 6.81. The molecule has 0 spiro atoms. The van der Waals surface area contributed by atoms with E-state index in [1.807, 2.05) is 19.2 Å². The summed E-state index contributed by atoms with van der Waals surface area (Å²) in [5.41, 5.74) is 2.27. The van der Waals surface area contributed by atoms with Crippen molar-refractivity contribution in [3.63, 3.8) is 0 Å². The largest absolute Gasteiger partial charge is 0.365 e. The van der Waals surface area contributed by atoms with E-state index >= 15 is 0 Å². The average molecular weight is 267 g/mol. The van der Waals surface area contributed by atoms with Crippen LogP contribution in [0, 0.1) is 0 Å². The molecule has 0 radical (unpaired) electrons. The van der Waals surface area contributed by atoms with Gasteiger partial charge < -0.3 is 10.2 Å². The summed E-state index contributed by atoms with van der Waals surface area (Å²) in [6, 6.07) is 6.94. The summed E-state index contributed by atoms with van der Waals surface area (Å²) >= 11 is 6.36. The van der Waals surface area contributed by atoms with Crippen LogP contribution >= 0.6 is 11.6 Å². The van der Waals surface area contributed by atoms with Gasteiger partial charge in [-0.3, -0.25) is 0 Å². The number of nitrogens with zero attached hydrogens (tertiary/aromatic N) is 1. The molecule has 0 saturated heterocycles. The van der Waals surface area contributed by atoms with Gasteiger partial charge in [0.15, 0.2) is 0 Å². The van der Waals surface area contributed by atoms with E-state index in [1.165, 1.54) is 0 Å². The predicted octanol–water partition coefficient (Wildman–Crippen LogP) is 4.02. The lowest BCUT2D eigenvalue weighted by Crippen LogP contribution is -2.30. The molecule has 0 fully saturated rings. The number of hydrogen-bond donors (Lipinski definition) is 1. The van der Waals surface area contributed by atoms with Crippen molar-refractivity contribution in [2.45, 2.75) is 32.9 Å². The van der Waals surface area contributed by atoms with Crippen molar-refractivity contribution in [1.82, 2.24) is 5.32 Å². The molecule has 0 amide bonds. The zero-order valence-corrected chi connectivity index (χ0v) is 12.5. The molecular formula is C15H23ClN2. The van der Waals surface area contributed by atoms with Crippen molar-refractivity contribution in [3.05, 3.63) is 41.4 Å². The van der Waals surface area contributed by atoms with Crippen molar-refractivity contribution in [2.75, 3.05) is 18.5 Å². The monoisotopic (exact) mass is 266 g/mol. The van der Waals surface area contributed by atoms with Crippen LogP contribution in [0.3, 0.4) is 0 Å². The average Bonchev–Trinajstić information content (AvgIpc) is 2.34. The molecule has 1 unspecified atom stereocenters. The minimum absolute atomic E-state index is 0.262. The third kappa shape index (κ3) is 3.50. The number of hydrogen-bond acceptors (Lipinski definition) is 2. The Balaban J connectivity index is 3.05. The van der Waals surface area contributed by atoms with E-state index in [0.29, 0.717) is 6.04 Å². The van der Waals surface area contributed by atoms with E-state index in [4.69, 9.17) is 11.6 Å². The molecule has 0 aliphatic heterocycles. The van der Waals surface area contributed by atoms with Crippen LogP contribution in [0.5, 0.6) is 0 Å². The molecule has 1 aromatic rings. The van der Waals surface area contributed by atoms with E-state index in [0.717, 1.165) is 22.8 Å². The van der Waals surface area contributed by atoms with Crippen LogP contribution in [0.1, 0.15) is 32.4 Å². The number of nitrogens with one attached hydrogen (secondary N) is 1. The number of rotatable bonds is 6. The fourth-order valence-corrected chi connectivity index (χ4v) is 2.29. The number of benzene rings is 1. The Morgan fingerprint density at radius 1 is 1.39 bits per heavy atom. The molecule has 0 aliphatic rings. The molecule has 0 aliphatic carbocycles. The van der Waals surface area contributed by atoms with E-state index in [-0.39, 0.29) is 6.04 Å². The summed E-state index contributed by atoms with van der Waals surface area (Å²) in [5, 5.41) is 4.01. The van der Waals surface area contributed by atoms with Gasteiger partial charge in [-0.05, 0) is 45.5 Å². The molecule has 1 atom stereocenters. The molecule has 0 aromatic heterocycles. The first-order valence-electron chi connectivity index (χ1n) is 6.35. The second-order valence-electron chi connectivity index (χ2n) is 4.75. The summed E-state index contributed by atoms with van der Waals surface area (Å²) in [4.78, 5) is 2.27. The van der Waals surface area contributed by atoms with Gasteiger partial charge >= 0.3 is 0 Å². The first-order chi connectivity index (χ1) is 8.51. The van der Waals surface area contributed by atoms with E-state index in [9.17, 15) is 0 Å². The van der Waals surface area contributed by atoms with Crippen molar-refractivity contribution in [1.29, 1.82) is 0 Å². The smallest absolute Gasteiger partial charge is 0.0474 e. The minimum atomic E-state index is 0.262. The Kier molecular flexibility index (Phi) is 5.70. The first kappa shape index (κ1) is 15.1. The van der Waals surface area contributed by atoms with Gasteiger partial charge in [-0.25, -0.2) is 0 Å². The molecule has 0 bridgehead atoms. The normalized spacial score (nSPS) is 12.6. The van der Waals surface area contributed by atoms with Crippen molar-refractivity contribution in [2.24, 2.45) is 0 Å². The standard InChI is InChI=1S/C15H23ClN2/c1-6-9-18(11(2)3)13-7-8-14(12(4)17-5)15(16)10-13/h6-8,10-12,17H,1,9H2,2-5H3. The Labute approximate surface area is 116 Å². The van der Waals surface area contributed by atoms with Gasteiger partial charge in [-0.1, -0.05) is 23.7 Å². The summed E-state index contributed by atoms with van der Waals surface area (Å²) in [6.45, 7) is 11.1. The van der Waals surface area contributed by atoms with Gasteiger partial charge in [0, 0.05) is 29.3 Å². The highest BCUT2D eigenvalue weighted by atomic mass is 35.5. The predicted molar refractivity (Wildman–Crippen MR) is 81.6 cm³/mol. The summed E-state index contributed by atoms with van der Waals surface area (Å²) in [6.07, 6.45) is 1.91. The van der Waals surface area contributed by atoms with E-state index in [2.05, 4.69) is 49.7 Å². The Morgan fingerprint density at radius 2 is 2.06 bits per heavy atom. The van der Waals surface area contributed by atoms with Crippen LogP contribution in [0.25, 0.3) is 0 Å². The number of anilines is 1. The maximum Gasteiger partial charge on any atom is 0.0474 e. The topological polar surface area (TPSA) is 15.3 Å². The fourth-order valence-electron chi connectivity index (χ4n) is 1.95. The molecule has 2 nitrogen and oxygen atoms in total. The van der Waals surface area contributed by atoms with Crippen LogP contribution in [0.15, 0.2) is 30.9 Å². The van der Waals surface area contributed by atoms with Crippen LogP contribution in [-0.4, -0.2) is 19.6 Å². The van der Waals surface area contributed by atoms with Crippen molar-refractivity contribution in [3.8, 4) is 0 Å². The molecule has 1 rings (SSSR count). The molecule has 100 valence electrons. The van der Waals surface area contributed by atoms with Crippen LogP contribution in [-0.2, 0) is 0 Å². The van der Waals surface area contributed by atoms with Crippen molar-refractivity contribution >= 4 is 17.3 Å². The van der Waals surface area contributed by atoms with Crippen molar-refractivity contribution < 1.29 is 0 Å². The highest BCUT2D eigenvalue weighted by Crippen LogP contribution is 2.28. The second-order valence-corrected chi connectivity index (χ2v) is 5.16. The first-order valence-corrected chi connectivity index (χ1v) is 6.73. The van der Waals surface area contributed by atoms with Crippen LogP contribution in [0.4, 0.5) is 5.69 Å². The van der Waals surface area contributed by atoms with E-state index < -0.39 is 0 Å². The quantitative estimate of drug-likeness (QED) is 0.783. The van der Waals surface area contributed by atoms with Gasteiger partial charge in [0.25, 0.3) is 0 Å². The highest BCUT2D eigenvalue weighted by Gasteiger charge is 2.13. The molecule has 0 saturated carbocycles. The molecule has 3 heteroatoms. The van der Waals surface area contributed by atoms with Gasteiger partial charge in [-0.15, -0.1) is 6.58 Å². The van der Waals surface area contributed by atoms with E-state index in [1.54, 1.807) is 0 Å². The minimum Gasteiger partial charge on any atom is -0.365 e. The maximum atomic E-state index is 6.36. The highest BCUT2D eigenvalue weighted by molar-refractivity contribution is 6.31. The number of halogens is 1. The van der Waals surface area contributed by atoms with Gasteiger partial charge in [-0.2, -0.15) is 0 Å². The Bertz CT molecular complexity index is 401. The zero-order chi connectivity index (χ0) is 13.7. The summed E-state index contributed by atoms with van der Waals surface area (Å²) in [7, 11) is 1.94. The third-order valence-electron chi connectivity index (χ3n) is 3.16. The van der Waals surface area contributed by atoms with Crippen LogP contribution < -0.4 is 10.2 Å². The Hall–Kier alpha value is -0.990. The maximum absolute atomic E-state index is 6.36. The summed E-state index contributed by atoms with van der Waals surface area (Å²) in [5.74, 6) is 0.